The van der Waals surface area contributed by atoms with Gasteiger partial charge in [0.25, 0.3) is 0 Å². The molecule has 0 aromatic carbocycles. The van der Waals surface area contributed by atoms with Gasteiger partial charge in [0.05, 0.1) is 5.54 Å². The molecule has 1 saturated heterocycles. The first kappa shape index (κ1) is 13.2. The molecular formula is C9H23N3S. The third-order valence-electron chi connectivity index (χ3n) is 2.05. The predicted octanol–water partition coefficient (Wildman–Crippen LogP) is 1.48. The van der Waals surface area contributed by atoms with Crippen molar-refractivity contribution in [1.82, 2.24) is 14.3 Å². The van der Waals surface area contributed by atoms with Crippen molar-refractivity contribution in [3.05, 3.63) is 0 Å². The highest BCUT2D eigenvalue weighted by molar-refractivity contribution is 7.95. The lowest BCUT2D eigenvalue weighted by Gasteiger charge is -2.29. The van der Waals surface area contributed by atoms with Gasteiger partial charge >= 0.3 is 0 Å². The molecule has 13 heavy (non-hydrogen) atoms. The number of nitrogens with zero attached hydrogens (tertiary/aromatic N) is 1. The zero-order chi connectivity index (χ0) is 10.3. The first-order chi connectivity index (χ1) is 6.18. The topological polar surface area (TPSA) is 27.3 Å². The van der Waals surface area contributed by atoms with E-state index in [0.29, 0.717) is 0 Å². The summed E-state index contributed by atoms with van der Waals surface area (Å²) in [6.07, 6.45) is 1.17. The minimum atomic E-state index is 0.286. The maximum absolute atomic E-state index is 3.42. The molecule has 1 atom stereocenters. The van der Waals surface area contributed by atoms with Crippen LogP contribution < -0.4 is 9.44 Å². The molecule has 0 bridgehead atoms. The van der Waals surface area contributed by atoms with E-state index in [1.807, 2.05) is 13.8 Å². The van der Waals surface area contributed by atoms with Crippen LogP contribution in [0.4, 0.5) is 0 Å². The second kappa shape index (κ2) is 6.65. The first-order valence-corrected chi connectivity index (χ1v) is 5.81. The Labute approximate surface area is 86.9 Å². The van der Waals surface area contributed by atoms with E-state index in [2.05, 4.69) is 35.4 Å². The summed E-state index contributed by atoms with van der Waals surface area (Å²) in [5.74, 6) is 0. The van der Waals surface area contributed by atoms with Crippen LogP contribution in [0.15, 0.2) is 0 Å². The minimum Gasteiger partial charge on any atom is -0.307 e. The zero-order valence-electron chi connectivity index (χ0n) is 9.48. The third kappa shape index (κ3) is 4.31. The van der Waals surface area contributed by atoms with Crippen LogP contribution in [0, 0.1) is 0 Å². The van der Waals surface area contributed by atoms with Crippen molar-refractivity contribution in [3.63, 3.8) is 0 Å². The van der Waals surface area contributed by atoms with Crippen LogP contribution in [-0.2, 0) is 0 Å². The van der Waals surface area contributed by atoms with Crippen molar-refractivity contribution in [2.75, 3.05) is 27.2 Å². The summed E-state index contributed by atoms with van der Waals surface area (Å²) >= 11 is 1.62. The largest absolute Gasteiger partial charge is 0.307 e. The highest BCUT2D eigenvalue weighted by atomic mass is 32.2. The fraction of sp³-hybridized carbons (Fsp3) is 1.00. The van der Waals surface area contributed by atoms with Crippen LogP contribution in [0.5, 0.6) is 0 Å². The number of hydrogen-bond acceptors (Lipinski definition) is 4. The summed E-state index contributed by atoms with van der Waals surface area (Å²) in [6.45, 7) is 8.39. The Bertz CT molecular complexity index is 122. The van der Waals surface area contributed by atoms with Crippen molar-refractivity contribution < 1.29 is 0 Å². The molecular weight excluding hydrogens is 182 g/mol. The Morgan fingerprint density at radius 2 is 2.00 bits per heavy atom. The normalized spacial score (nSPS) is 27.2. The van der Waals surface area contributed by atoms with E-state index in [9.17, 15) is 0 Å². The molecule has 0 saturated carbocycles. The Kier molecular flexibility index (Phi) is 6.77. The van der Waals surface area contributed by atoms with Crippen LogP contribution >= 0.6 is 12.1 Å². The highest BCUT2D eigenvalue weighted by Crippen LogP contribution is 2.19. The number of likely N-dealkylation sites (N-methyl/N-ethyl adjacent to an activating group) is 1. The molecule has 1 fully saturated rings. The van der Waals surface area contributed by atoms with Crippen molar-refractivity contribution in [2.24, 2.45) is 0 Å². The first-order valence-electron chi connectivity index (χ1n) is 4.99. The highest BCUT2D eigenvalue weighted by Gasteiger charge is 2.32. The molecule has 0 amide bonds. The Balaban J connectivity index is 0.000000671. The van der Waals surface area contributed by atoms with Gasteiger partial charge in [0.2, 0.25) is 0 Å². The van der Waals surface area contributed by atoms with Gasteiger partial charge in [-0.15, -0.1) is 0 Å². The molecule has 1 aliphatic heterocycles. The molecule has 0 aromatic heterocycles. The molecule has 80 valence electrons. The third-order valence-corrected chi connectivity index (χ3v) is 2.87. The molecule has 1 aliphatic rings. The van der Waals surface area contributed by atoms with Crippen LogP contribution in [0.3, 0.4) is 0 Å². The van der Waals surface area contributed by atoms with Crippen molar-refractivity contribution in [2.45, 2.75) is 32.7 Å². The second-order valence-electron chi connectivity index (χ2n) is 3.40. The van der Waals surface area contributed by atoms with E-state index >= 15 is 0 Å². The molecule has 1 unspecified atom stereocenters. The Morgan fingerprint density at radius 1 is 1.38 bits per heavy atom. The van der Waals surface area contributed by atoms with E-state index in [1.165, 1.54) is 6.42 Å². The maximum Gasteiger partial charge on any atom is 0.0552 e. The van der Waals surface area contributed by atoms with Gasteiger partial charge in [-0.3, -0.25) is 0 Å². The lowest BCUT2D eigenvalue weighted by atomic mass is 9.97. The van der Waals surface area contributed by atoms with E-state index in [0.717, 1.165) is 13.1 Å². The van der Waals surface area contributed by atoms with Gasteiger partial charge in [0.15, 0.2) is 0 Å². The van der Waals surface area contributed by atoms with Gasteiger partial charge in [-0.05, 0) is 20.5 Å². The van der Waals surface area contributed by atoms with Gasteiger partial charge < -0.3 is 4.90 Å². The lowest BCUT2D eigenvalue weighted by molar-refractivity contribution is 0.272. The number of hydrogen-bond donors (Lipinski definition) is 2. The summed E-state index contributed by atoms with van der Waals surface area (Å²) < 4.78 is 6.66. The molecule has 4 heteroatoms. The fourth-order valence-corrected chi connectivity index (χ4v) is 2.28. The van der Waals surface area contributed by atoms with Crippen molar-refractivity contribution in [1.29, 1.82) is 0 Å². The summed E-state index contributed by atoms with van der Waals surface area (Å²) in [7, 11) is 4.23. The summed E-state index contributed by atoms with van der Waals surface area (Å²) in [5, 5.41) is 0. The molecule has 0 spiro atoms. The molecule has 0 aliphatic carbocycles. The van der Waals surface area contributed by atoms with Crippen molar-refractivity contribution in [3.8, 4) is 0 Å². The van der Waals surface area contributed by atoms with Crippen molar-refractivity contribution >= 4 is 12.1 Å². The maximum atomic E-state index is 3.42. The fourth-order valence-electron chi connectivity index (χ4n) is 1.36. The summed E-state index contributed by atoms with van der Waals surface area (Å²) in [4.78, 5) is 2.23. The number of nitrogens with one attached hydrogen (secondary N) is 2. The van der Waals surface area contributed by atoms with Gasteiger partial charge in [-0.2, -0.15) is 0 Å². The number of rotatable bonds is 3. The average Bonchev–Trinajstić information content (AvgIpc) is 2.56. The van der Waals surface area contributed by atoms with E-state index in [-0.39, 0.29) is 5.54 Å². The minimum absolute atomic E-state index is 0.286. The van der Waals surface area contributed by atoms with Crippen LogP contribution in [0.25, 0.3) is 0 Å². The van der Waals surface area contributed by atoms with Crippen LogP contribution in [0.1, 0.15) is 27.2 Å². The molecule has 1 heterocycles. The summed E-state index contributed by atoms with van der Waals surface area (Å²) in [6, 6.07) is 0. The van der Waals surface area contributed by atoms with E-state index < -0.39 is 0 Å². The molecule has 0 aromatic rings. The molecule has 2 N–H and O–H groups in total. The van der Waals surface area contributed by atoms with Gasteiger partial charge in [0.1, 0.15) is 0 Å². The van der Waals surface area contributed by atoms with Crippen LogP contribution in [-0.4, -0.2) is 37.6 Å². The molecule has 0 radical (unpaired) electrons. The molecule has 3 nitrogen and oxygen atoms in total. The van der Waals surface area contributed by atoms with Gasteiger partial charge in [-0.25, -0.2) is 9.44 Å². The van der Waals surface area contributed by atoms with E-state index in [4.69, 9.17) is 0 Å². The second-order valence-corrected chi connectivity index (χ2v) is 4.09. The van der Waals surface area contributed by atoms with Crippen LogP contribution in [0.2, 0.25) is 0 Å². The SMILES string of the molecule is CC.CCC1(CN(C)C)CNSN1. The quantitative estimate of drug-likeness (QED) is 0.683. The average molecular weight is 205 g/mol. The summed E-state index contributed by atoms with van der Waals surface area (Å²) in [5.41, 5.74) is 0.286. The van der Waals surface area contributed by atoms with Gasteiger partial charge in [-0.1, -0.05) is 20.8 Å². The molecule has 1 rings (SSSR count). The Morgan fingerprint density at radius 3 is 2.31 bits per heavy atom. The monoisotopic (exact) mass is 205 g/mol. The predicted molar refractivity (Wildman–Crippen MR) is 61.7 cm³/mol. The zero-order valence-corrected chi connectivity index (χ0v) is 10.3. The lowest BCUT2D eigenvalue weighted by Crippen LogP contribution is -2.49. The van der Waals surface area contributed by atoms with E-state index in [1.54, 1.807) is 12.1 Å². The standard InChI is InChI=1S/C7H17N3S.C2H6/c1-4-7(6-10(2)3)5-8-11-9-7;1-2/h8-9H,4-6H2,1-3H3;1-2H3. The Hall–Kier alpha value is 0.230. The van der Waals surface area contributed by atoms with Gasteiger partial charge in [0, 0.05) is 25.2 Å². The smallest absolute Gasteiger partial charge is 0.0552 e.